The van der Waals surface area contributed by atoms with Gasteiger partial charge in [-0.2, -0.15) is 0 Å². The fourth-order valence-electron chi connectivity index (χ4n) is 6.13. The number of ether oxygens (including phenoxy) is 4. The number of hydrogen-bond donors (Lipinski definition) is 3. The molecule has 1 aromatic heterocycles. The third-order valence-electron chi connectivity index (χ3n) is 8.47. The summed E-state index contributed by atoms with van der Waals surface area (Å²) in [7, 11) is 3.04. The fraction of sp³-hybridized carbons (Fsp3) is 0.412. The highest BCUT2D eigenvalue weighted by Gasteiger charge is 2.50. The Morgan fingerprint density at radius 3 is 2.48 bits per heavy atom. The lowest BCUT2D eigenvalue weighted by molar-refractivity contribution is -0.306. The van der Waals surface area contributed by atoms with E-state index in [1.54, 1.807) is 58.2 Å². The standard InChI is InChI=1S/C34H39NO9/c1-17-9-8-10-20(15-17)26-18(2)22(12-14-25(26)40-6)31(38)35-23-16-21-11-13-24(19(3)29(21)43-32(23)39)42-33-28(37)27(36)30(41-7)34(4,5)44-33/h8-16,18,22,27-28,30,33,36-37H,1-7H3,(H,35,38)/t18?,22?,27-,28+,30+,33+/m0/s1. The number of carbonyl (C=O) groups is 1. The topological polar surface area (TPSA) is 137 Å². The van der Waals surface area contributed by atoms with Gasteiger partial charge in [-0.3, -0.25) is 4.79 Å². The second kappa shape index (κ2) is 12.2. The van der Waals surface area contributed by atoms with Crippen molar-refractivity contribution in [2.24, 2.45) is 11.8 Å². The second-order valence-corrected chi connectivity index (χ2v) is 11.9. The normalized spacial score (nSPS) is 26.5. The van der Waals surface area contributed by atoms with Gasteiger partial charge in [-0.05, 0) is 57.5 Å². The van der Waals surface area contributed by atoms with E-state index in [-0.39, 0.29) is 23.1 Å². The molecule has 6 atom stereocenters. The summed E-state index contributed by atoms with van der Waals surface area (Å²) >= 11 is 0. The van der Waals surface area contributed by atoms with Crippen molar-refractivity contribution in [3.05, 3.63) is 87.5 Å². The molecule has 234 valence electrons. The van der Waals surface area contributed by atoms with Crippen molar-refractivity contribution < 1.29 is 38.4 Å². The first kappa shape index (κ1) is 31.5. The Balaban J connectivity index is 1.37. The summed E-state index contributed by atoms with van der Waals surface area (Å²) in [6, 6.07) is 12.9. The van der Waals surface area contributed by atoms with Gasteiger partial charge >= 0.3 is 5.63 Å². The van der Waals surface area contributed by atoms with Crippen molar-refractivity contribution in [3.8, 4) is 5.75 Å². The van der Waals surface area contributed by atoms with E-state index in [2.05, 4.69) is 11.4 Å². The van der Waals surface area contributed by atoms with Crippen LogP contribution in [0.1, 0.15) is 37.5 Å². The zero-order valence-electron chi connectivity index (χ0n) is 25.9. The van der Waals surface area contributed by atoms with Crippen molar-refractivity contribution >= 4 is 28.1 Å². The lowest BCUT2D eigenvalue weighted by Gasteiger charge is -2.46. The first-order valence-corrected chi connectivity index (χ1v) is 14.5. The monoisotopic (exact) mass is 605 g/mol. The molecule has 1 aliphatic heterocycles. The van der Waals surface area contributed by atoms with E-state index in [1.807, 2.05) is 32.0 Å². The lowest BCUT2D eigenvalue weighted by Crippen LogP contribution is -2.63. The molecule has 0 spiro atoms. The molecule has 3 aromatic rings. The van der Waals surface area contributed by atoms with Gasteiger partial charge in [-0.1, -0.05) is 42.8 Å². The summed E-state index contributed by atoms with van der Waals surface area (Å²) in [6.45, 7) is 9.13. The maximum Gasteiger partial charge on any atom is 0.360 e. The van der Waals surface area contributed by atoms with Gasteiger partial charge in [0, 0.05) is 29.6 Å². The van der Waals surface area contributed by atoms with Crippen LogP contribution < -0.4 is 15.7 Å². The number of rotatable bonds is 7. The number of hydrogen-bond acceptors (Lipinski definition) is 9. The number of anilines is 1. The maximum absolute atomic E-state index is 13.5. The van der Waals surface area contributed by atoms with Crippen LogP contribution in [0.25, 0.3) is 16.5 Å². The highest BCUT2D eigenvalue weighted by atomic mass is 16.7. The molecule has 2 heterocycles. The van der Waals surface area contributed by atoms with E-state index in [4.69, 9.17) is 23.4 Å². The first-order chi connectivity index (χ1) is 20.9. The Kier molecular flexibility index (Phi) is 8.73. The first-order valence-electron chi connectivity index (χ1n) is 14.5. The summed E-state index contributed by atoms with van der Waals surface area (Å²) in [4.78, 5) is 26.6. The van der Waals surface area contributed by atoms with Crippen molar-refractivity contribution in [1.29, 1.82) is 0 Å². The van der Waals surface area contributed by atoms with Crippen LogP contribution in [0.5, 0.6) is 5.75 Å². The number of fused-ring (bicyclic) bond motifs is 1. The molecule has 0 radical (unpaired) electrons. The Hall–Kier alpha value is -3.96. The number of allylic oxidation sites excluding steroid dienone is 2. The van der Waals surface area contributed by atoms with Gasteiger partial charge in [0.25, 0.3) is 0 Å². The van der Waals surface area contributed by atoms with Gasteiger partial charge in [0.2, 0.25) is 12.2 Å². The molecule has 10 heteroatoms. The van der Waals surface area contributed by atoms with Gasteiger partial charge in [0.05, 0.1) is 18.6 Å². The molecule has 3 N–H and O–H groups in total. The molecular weight excluding hydrogens is 566 g/mol. The predicted octanol–water partition coefficient (Wildman–Crippen LogP) is 4.48. The van der Waals surface area contributed by atoms with E-state index in [9.17, 15) is 19.8 Å². The van der Waals surface area contributed by atoms with Gasteiger partial charge in [0.1, 0.15) is 41.1 Å². The lowest BCUT2D eigenvalue weighted by atomic mass is 9.79. The Morgan fingerprint density at radius 1 is 1.05 bits per heavy atom. The van der Waals surface area contributed by atoms with Gasteiger partial charge in [-0.15, -0.1) is 0 Å². The second-order valence-electron chi connectivity index (χ2n) is 11.9. The average Bonchev–Trinajstić information content (AvgIpc) is 2.97. The molecule has 0 bridgehead atoms. The minimum atomic E-state index is -1.38. The third kappa shape index (κ3) is 5.78. The van der Waals surface area contributed by atoms with Crippen LogP contribution in [-0.2, 0) is 19.0 Å². The summed E-state index contributed by atoms with van der Waals surface area (Å²) in [5.41, 5.74) is 2.05. The zero-order chi connectivity index (χ0) is 31.9. The average molecular weight is 606 g/mol. The molecule has 2 unspecified atom stereocenters. The van der Waals surface area contributed by atoms with E-state index < -0.39 is 41.7 Å². The van der Waals surface area contributed by atoms with Crippen molar-refractivity contribution in [2.45, 2.75) is 64.8 Å². The number of aliphatic hydroxyl groups excluding tert-OH is 2. The van der Waals surface area contributed by atoms with Crippen LogP contribution >= 0.6 is 0 Å². The Morgan fingerprint density at radius 2 is 1.80 bits per heavy atom. The van der Waals surface area contributed by atoms with Gasteiger partial charge in [0.15, 0.2) is 0 Å². The smallest absolute Gasteiger partial charge is 0.360 e. The molecule has 10 nitrogen and oxygen atoms in total. The zero-order valence-corrected chi connectivity index (χ0v) is 25.9. The Bertz CT molecular complexity index is 1690. The van der Waals surface area contributed by atoms with Crippen LogP contribution in [0.2, 0.25) is 0 Å². The molecule has 2 aliphatic rings. The molecule has 2 aromatic carbocycles. The number of amides is 1. The summed E-state index contributed by atoms with van der Waals surface area (Å²) in [5.74, 6) is -0.154. The molecule has 0 saturated carbocycles. The van der Waals surface area contributed by atoms with Gasteiger partial charge in [-0.25, -0.2) is 4.79 Å². The number of carbonyl (C=O) groups excluding carboxylic acids is 1. The van der Waals surface area contributed by atoms with Crippen LogP contribution in [0, 0.1) is 25.7 Å². The largest absolute Gasteiger partial charge is 0.496 e. The SMILES string of the molecule is COC1=C(c2cccc(C)c2)C(C)C(C(=O)Nc2cc3ccc(O[C@@H]4OC(C)(C)[C@H](OC)[C@@H](O)[C@H]4O)c(C)c3oc2=O)C=C1. The number of aryl methyl sites for hydroxylation is 2. The predicted molar refractivity (Wildman–Crippen MR) is 165 cm³/mol. The summed E-state index contributed by atoms with van der Waals surface area (Å²) < 4.78 is 28.5. The van der Waals surface area contributed by atoms with Crippen LogP contribution in [0.15, 0.2) is 69.6 Å². The van der Waals surface area contributed by atoms with Crippen LogP contribution in [0.4, 0.5) is 5.69 Å². The molecule has 1 saturated heterocycles. The molecule has 1 amide bonds. The quantitative estimate of drug-likeness (QED) is 0.333. The fourth-order valence-corrected chi connectivity index (χ4v) is 6.13. The molecule has 1 aliphatic carbocycles. The number of methoxy groups -OCH3 is 2. The Labute approximate surface area is 255 Å². The van der Waals surface area contributed by atoms with E-state index in [0.29, 0.717) is 22.5 Å². The number of nitrogens with one attached hydrogen (secondary N) is 1. The molecule has 5 rings (SSSR count). The summed E-state index contributed by atoms with van der Waals surface area (Å²) in [5, 5.41) is 24.5. The third-order valence-corrected chi connectivity index (χ3v) is 8.47. The molecule has 1 fully saturated rings. The molecular formula is C34H39NO9. The highest BCUT2D eigenvalue weighted by Crippen LogP contribution is 2.39. The van der Waals surface area contributed by atoms with Crippen molar-refractivity contribution in [3.63, 3.8) is 0 Å². The minimum Gasteiger partial charge on any atom is -0.496 e. The van der Waals surface area contributed by atoms with Gasteiger partial charge < -0.3 is 38.9 Å². The molecule has 44 heavy (non-hydrogen) atoms. The number of aliphatic hydroxyl groups is 2. The van der Waals surface area contributed by atoms with Crippen LogP contribution in [0.3, 0.4) is 0 Å². The maximum atomic E-state index is 13.5. The minimum absolute atomic E-state index is 0.0105. The van der Waals surface area contributed by atoms with Crippen molar-refractivity contribution in [2.75, 3.05) is 19.5 Å². The van der Waals surface area contributed by atoms with E-state index in [0.717, 1.165) is 16.7 Å². The van der Waals surface area contributed by atoms with Crippen molar-refractivity contribution in [1.82, 2.24) is 0 Å². The van der Waals surface area contributed by atoms with E-state index >= 15 is 0 Å². The highest BCUT2D eigenvalue weighted by molar-refractivity contribution is 5.97. The van der Waals surface area contributed by atoms with E-state index in [1.165, 1.54) is 7.11 Å². The number of benzene rings is 2. The van der Waals surface area contributed by atoms with Crippen LogP contribution in [-0.4, -0.2) is 60.5 Å². The summed E-state index contributed by atoms with van der Waals surface area (Å²) in [6.07, 6.45) is -1.02.